The molecule has 3 heteroatoms. The highest BCUT2D eigenvalue weighted by atomic mass is 19.3. The molecule has 100 valence electrons. The van der Waals surface area contributed by atoms with Crippen LogP contribution in [-0.2, 0) is 11.3 Å². The van der Waals surface area contributed by atoms with Gasteiger partial charge >= 0.3 is 0 Å². The molecule has 1 nitrogen and oxygen atoms in total. The average Bonchev–Trinajstić information content (AvgIpc) is 2.29. The van der Waals surface area contributed by atoms with E-state index in [9.17, 15) is 13.9 Å². The second-order valence-electron chi connectivity index (χ2n) is 5.33. The van der Waals surface area contributed by atoms with Crippen molar-refractivity contribution in [1.29, 1.82) is 0 Å². The molecule has 0 saturated heterocycles. The third-order valence-electron chi connectivity index (χ3n) is 4.07. The van der Waals surface area contributed by atoms with Crippen molar-refractivity contribution in [2.24, 2.45) is 0 Å². The summed E-state index contributed by atoms with van der Waals surface area (Å²) in [6.45, 7) is 1.81. The number of alkyl halides is 2. The van der Waals surface area contributed by atoms with E-state index in [1.807, 2.05) is 6.07 Å². The predicted octanol–water partition coefficient (Wildman–Crippen LogP) is 3.99. The summed E-state index contributed by atoms with van der Waals surface area (Å²) in [7, 11) is 0. The summed E-state index contributed by atoms with van der Waals surface area (Å²) in [6.07, 6.45) is 3.19. The SMILES string of the molecule is CCCC(F)(F)c1cccc(C2(CO)CCC2)c1. The van der Waals surface area contributed by atoms with Gasteiger partial charge in [0.1, 0.15) is 0 Å². The van der Waals surface area contributed by atoms with E-state index in [-0.39, 0.29) is 24.0 Å². The summed E-state index contributed by atoms with van der Waals surface area (Å²) in [5.74, 6) is -2.76. The molecule has 1 aliphatic carbocycles. The van der Waals surface area contributed by atoms with E-state index in [1.54, 1.807) is 19.1 Å². The Balaban J connectivity index is 2.30. The van der Waals surface area contributed by atoms with Crippen LogP contribution in [0.25, 0.3) is 0 Å². The fourth-order valence-corrected chi connectivity index (χ4v) is 2.68. The molecule has 0 aromatic heterocycles. The monoisotopic (exact) mass is 254 g/mol. The molecule has 0 amide bonds. The number of benzene rings is 1. The highest BCUT2D eigenvalue weighted by molar-refractivity contribution is 5.34. The van der Waals surface area contributed by atoms with Crippen molar-refractivity contribution in [3.8, 4) is 0 Å². The number of rotatable bonds is 5. The van der Waals surface area contributed by atoms with Crippen LogP contribution in [0.4, 0.5) is 8.78 Å². The lowest BCUT2D eigenvalue weighted by Gasteiger charge is -2.41. The summed E-state index contributed by atoms with van der Waals surface area (Å²) in [5.41, 5.74) is 0.685. The summed E-state index contributed by atoms with van der Waals surface area (Å²) < 4.78 is 27.8. The highest BCUT2D eigenvalue weighted by Gasteiger charge is 2.39. The van der Waals surface area contributed by atoms with Crippen molar-refractivity contribution in [1.82, 2.24) is 0 Å². The van der Waals surface area contributed by atoms with E-state index in [1.165, 1.54) is 6.07 Å². The van der Waals surface area contributed by atoms with E-state index >= 15 is 0 Å². The second-order valence-corrected chi connectivity index (χ2v) is 5.33. The molecule has 0 spiro atoms. The lowest BCUT2D eigenvalue weighted by Crippen LogP contribution is -2.38. The Kier molecular flexibility index (Phi) is 3.71. The van der Waals surface area contributed by atoms with Gasteiger partial charge in [-0.2, -0.15) is 0 Å². The molecule has 0 aliphatic heterocycles. The van der Waals surface area contributed by atoms with Gasteiger partial charge in [0.25, 0.3) is 5.92 Å². The molecular weight excluding hydrogens is 234 g/mol. The maximum atomic E-state index is 13.9. The predicted molar refractivity (Wildman–Crippen MR) is 67.9 cm³/mol. The van der Waals surface area contributed by atoms with Gasteiger partial charge in [0.05, 0.1) is 6.61 Å². The molecule has 1 saturated carbocycles. The van der Waals surface area contributed by atoms with Crippen LogP contribution >= 0.6 is 0 Å². The standard InChI is InChI=1S/C15H20F2O/c1-2-7-15(16,17)13-6-3-5-12(10-13)14(11-18)8-4-9-14/h3,5-6,10,18H,2,4,7-9,11H2,1H3. The van der Waals surface area contributed by atoms with E-state index in [2.05, 4.69) is 0 Å². The first-order chi connectivity index (χ1) is 8.54. The maximum absolute atomic E-state index is 13.9. The molecular formula is C15H20F2O. The van der Waals surface area contributed by atoms with Crippen molar-refractivity contribution >= 4 is 0 Å². The van der Waals surface area contributed by atoms with Gasteiger partial charge in [-0.25, -0.2) is 8.78 Å². The number of aliphatic hydroxyl groups is 1. The van der Waals surface area contributed by atoms with Crippen molar-refractivity contribution in [3.63, 3.8) is 0 Å². The minimum Gasteiger partial charge on any atom is -0.395 e. The Bertz CT molecular complexity index is 405. The Labute approximate surface area is 107 Å². The molecule has 1 aromatic rings. The van der Waals surface area contributed by atoms with Gasteiger partial charge in [-0.3, -0.25) is 0 Å². The van der Waals surface area contributed by atoms with Gasteiger partial charge in [-0.15, -0.1) is 0 Å². The smallest absolute Gasteiger partial charge is 0.273 e. The third-order valence-corrected chi connectivity index (χ3v) is 4.07. The van der Waals surface area contributed by atoms with Crippen LogP contribution in [0.3, 0.4) is 0 Å². The third kappa shape index (κ3) is 2.28. The molecule has 1 fully saturated rings. The largest absolute Gasteiger partial charge is 0.395 e. The van der Waals surface area contributed by atoms with Crippen LogP contribution in [0.5, 0.6) is 0 Å². The van der Waals surface area contributed by atoms with E-state index in [0.29, 0.717) is 6.42 Å². The Hall–Kier alpha value is -0.960. The normalized spacial score (nSPS) is 18.4. The first-order valence-corrected chi connectivity index (χ1v) is 6.64. The summed E-state index contributed by atoms with van der Waals surface area (Å²) in [4.78, 5) is 0. The van der Waals surface area contributed by atoms with Crippen LogP contribution in [-0.4, -0.2) is 11.7 Å². The fraction of sp³-hybridized carbons (Fsp3) is 0.600. The molecule has 1 aromatic carbocycles. The van der Waals surface area contributed by atoms with Gasteiger partial charge in [0.15, 0.2) is 0 Å². The lowest BCUT2D eigenvalue weighted by molar-refractivity contribution is -0.0143. The van der Waals surface area contributed by atoms with Crippen LogP contribution in [0, 0.1) is 0 Å². The molecule has 0 atom stereocenters. The van der Waals surface area contributed by atoms with E-state index in [4.69, 9.17) is 0 Å². The Morgan fingerprint density at radius 3 is 2.56 bits per heavy atom. The lowest BCUT2D eigenvalue weighted by atomic mass is 9.65. The summed E-state index contributed by atoms with van der Waals surface area (Å²) in [6, 6.07) is 6.62. The van der Waals surface area contributed by atoms with Crippen molar-refractivity contribution in [3.05, 3.63) is 35.4 Å². The molecule has 0 radical (unpaired) electrons. The number of hydrogen-bond acceptors (Lipinski definition) is 1. The van der Waals surface area contributed by atoms with Gasteiger partial charge < -0.3 is 5.11 Å². The Morgan fingerprint density at radius 2 is 2.06 bits per heavy atom. The second kappa shape index (κ2) is 4.96. The van der Waals surface area contributed by atoms with E-state index < -0.39 is 5.92 Å². The van der Waals surface area contributed by atoms with E-state index in [0.717, 1.165) is 24.8 Å². The summed E-state index contributed by atoms with van der Waals surface area (Å²) >= 11 is 0. The first kappa shape index (κ1) is 13.5. The minimum absolute atomic E-state index is 0.0514. The molecule has 2 rings (SSSR count). The fourth-order valence-electron chi connectivity index (χ4n) is 2.68. The van der Waals surface area contributed by atoms with Gasteiger partial charge in [-0.1, -0.05) is 38.0 Å². The van der Waals surface area contributed by atoms with Gasteiger partial charge in [0, 0.05) is 17.4 Å². The molecule has 18 heavy (non-hydrogen) atoms. The number of halogens is 2. The van der Waals surface area contributed by atoms with Crippen LogP contribution < -0.4 is 0 Å². The number of aliphatic hydroxyl groups excluding tert-OH is 1. The first-order valence-electron chi connectivity index (χ1n) is 6.64. The molecule has 1 aliphatic rings. The van der Waals surface area contributed by atoms with Gasteiger partial charge in [0.2, 0.25) is 0 Å². The zero-order valence-electron chi connectivity index (χ0n) is 10.8. The summed E-state index contributed by atoms with van der Waals surface area (Å²) in [5, 5.41) is 9.50. The van der Waals surface area contributed by atoms with Gasteiger partial charge in [-0.05, 0) is 24.5 Å². The highest BCUT2D eigenvalue weighted by Crippen LogP contribution is 2.44. The maximum Gasteiger partial charge on any atom is 0.273 e. The molecule has 0 heterocycles. The topological polar surface area (TPSA) is 20.2 Å². The molecule has 1 N–H and O–H groups in total. The van der Waals surface area contributed by atoms with Crippen LogP contribution in [0.1, 0.15) is 50.2 Å². The van der Waals surface area contributed by atoms with Crippen LogP contribution in [0.15, 0.2) is 24.3 Å². The quantitative estimate of drug-likeness (QED) is 0.842. The zero-order valence-corrected chi connectivity index (χ0v) is 10.8. The minimum atomic E-state index is -2.76. The molecule has 0 unspecified atom stereocenters. The average molecular weight is 254 g/mol. The number of hydrogen-bond donors (Lipinski definition) is 1. The van der Waals surface area contributed by atoms with Crippen molar-refractivity contribution in [2.75, 3.05) is 6.61 Å². The molecule has 0 bridgehead atoms. The zero-order chi connectivity index (χ0) is 13.2. The Morgan fingerprint density at radius 1 is 1.33 bits per heavy atom. The van der Waals surface area contributed by atoms with Crippen molar-refractivity contribution in [2.45, 2.75) is 50.4 Å². The van der Waals surface area contributed by atoms with Crippen molar-refractivity contribution < 1.29 is 13.9 Å². The van der Waals surface area contributed by atoms with Crippen LogP contribution in [0.2, 0.25) is 0 Å².